The molecule has 1 amide bonds. The van der Waals surface area contributed by atoms with E-state index in [1.54, 1.807) is 31.5 Å². The van der Waals surface area contributed by atoms with Gasteiger partial charge in [0.15, 0.2) is 0 Å². The number of likely N-dealkylation sites (tertiary alicyclic amines) is 1. The zero-order valence-electron chi connectivity index (χ0n) is 14.0. The maximum absolute atomic E-state index is 12.9. The van der Waals surface area contributed by atoms with Crippen LogP contribution in [0.15, 0.2) is 42.6 Å². The Morgan fingerprint density at radius 2 is 2.08 bits per heavy atom. The first kappa shape index (κ1) is 17.0. The fourth-order valence-electron chi connectivity index (χ4n) is 3.16. The summed E-state index contributed by atoms with van der Waals surface area (Å²) >= 11 is 0. The molecule has 25 heavy (non-hydrogen) atoms. The Balaban J connectivity index is 1.97. The fraction of sp³-hybridized carbons (Fsp3) is 0.316. The van der Waals surface area contributed by atoms with Crippen molar-refractivity contribution in [3.05, 3.63) is 48.2 Å². The number of ether oxygens (including phenoxy) is 1. The van der Waals surface area contributed by atoms with Gasteiger partial charge in [0, 0.05) is 23.9 Å². The van der Waals surface area contributed by atoms with Crippen LogP contribution in [0.25, 0.3) is 11.3 Å². The number of hydrogen-bond donors (Lipinski definition) is 1. The van der Waals surface area contributed by atoms with E-state index in [9.17, 15) is 14.7 Å². The molecule has 0 spiro atoms. The van der Waals surface area contributed by atoms with Crippen molar-refractivity contribution in [1.82, 2.24) is 9.88 Å². The molecule has 1 unspecified atom stereocenters. The Morgan fingerprint density at radius 1 is 1.24 bits per heavy atom. The lowest BCUT2D eigenvalue weighted by Gasteiger charge is -2.33. The van der Waals surface area contributed by atoms with Gasteiger partial charge in [-0.2, -0.15) is 0 Å². The predicted molar refractivity (Wildman–Crippen MR) is 92.5 cm³/mol. The molecule has 1 aromatic carbocycles. The third-order valence-electron chi connectivity index (χ3n) is 4.44. The van der Waals surface area contributed by atoms with Crippen molar-refractivity contribution in [1.29, 1.82) is 0 Å². The summed E-state index contributed by atoms with van der Waals surface area (Å²) in [5, 5.41) is 9.40. The summed E-state index contributed by atoms with van der Waals surface area (Å²) in [4.78, 5) is 30.1. The van der Waals surface area contributed by atoms with Crippen molar-refractivity contribution in [2.24, 2.45) is 0 Å². The fourth-order valence-corrected chi connectivity index (χ4v) is 3.16. The molecular weight excluding hydrogens is 320 g/mol. The van der Waals surface area contributed by atoms with Crippen LogP contribution in [0.2, 0.25) is 0 Å². The molecule has 0 aliphatic carbocycles. The van der Waals surface area contributed by atoms with Gasteiger partial charge in [-0.05, 0) is 49.6 Å². The van der Waals surface area contributed by atoms with E-state index in [0.29, 0.717) is 35.5 Å². The number of piperidine rings is 1. The number of aliphatic carboxylic acids is 1. The second-order valence-corrected chi connectivity index (χ2v) is 5.98. The van der Waals surface area contributed by atoms with Crippen molar-refractivity contribution in [3.8, 4) is 17.0 Å². The number of benzene rings is 1. The van der Waals surface area contributed by atoms with E-state index >= 15 is 0 Å². The van der Waals surface area contributed by atoms with Gasteiger partial charge < -0.3 is 14.7 Å². The molecule has 1 aliphatic rings. The van der Waals surface area contributed by atoms with E-state index in [1.165, 1.54) is 4.90 Å². The van der Waals surface area contributed by atoms with Gasteiger partial charge in [-0.15, -0.1) is 0 Å². The number of nitrogens with zero attached hydrogens (tertiary/aromatic N) is 2. The molecule has 0 bridgehead atoms. The van der Waals surface area contributed by atoms with E-state index in [1.807, 2.05) is 18.2 Å². The van der Waals surface area contributed by atoms with Gasteiger partial charge >= 0.3 is 5.97 Å². The molecular formula is C19H20N2O4. The summed E-state index contributed by atoms with van der Waals surface area (Å²) < 4.78 is 5.38. The number of hydrogen-bond acceptors (Lipinski definition) is 4. The first-order valence-corrected chi connectivity index (χ1v) is 8.25. The van der Waals surface area contributed by atoms with Crippen molar-refractivity contribution in [2.45, 2.75) is 25.3 Å². The largest absolute Gasteiger partial charge is 0.496 e. The molecule has 0 radical (unpaired) electrons. The Hall–Kier alpha value is -2.89. The van der Waals surface area contributed by atoms with Crippen LogP contribution in [0.5, 0.6) is 5.75 Å². The molecule has 1 N–H and O–H groups in total. The minimum Gasteiger partial charge on any atom is -0.496 e. The lowest BCUT2D eigenvalue weighted by atomic mass is 9.99. The lowest BCUT2D eigenvalue weighted by molar-refractivity contribution is -0.143. The van der Waals surface area contributed by atoms with Crippen LogP contribution in [0.3, 0.4) is 0 Å². The van der Waals surface area contributed by atoms with Gasteiger partial charge in [-0.25, -0.2) is 4.79 Å². The highest BCUT2D eigenvalue weighted by Gasteiger charge is 2.32. The predicted octanol–water partition coefficient (Wildman–Crippen LogP) is 2.84. The van der Waals surface area contributed by atoms with Crippen LogP contribution in [0.1, 0.15) is 29.6 Å². The molecule has 6 nitrogen and oxygen atoms in total. The molecule has 1 aromatic heterocycles. The zero-order chi connectivity index (χ0) is 17.8. The van der Waals surface area contributed by atoms with Crippen LogP contribution in [0, 0.1) is 0 Å². The standard InChI is InChI=1S/C19H20N2O4/c1-25-17-9-8-13(12-14(17)15-6-2-4-10-20-15)18(22)21-11-5-3-7-16(21)19(23)24/h2,4,6,8-10,12,16H,3,5,7,11H2,1H3,(H,23,24). The van der Waals surface area contributed by atoms with Crippen LogP contribution in [-0.4, -0.2) is 46.6 Å². The summed E-state index contributed by atoms with van der Waals surface area (Å²) in [5.74, 6) is -0.609. The number of carboxylic acids is 1. The maximum Gasteiger partial charge on any atom is 0.326 e. The first-order valence-electron chi connectivity index (χ1n) is 8.25. The maximum atomic E-state index is 12.9. The van der Waals surface area contributed by atoms with Gasteiger partial charge in [0.2, 0.25) is 0 Å². The molecule has 1 fully saturated rings. The Kier molecular flexibility index (Phi) is 4.97. The quantitative estimate of drug-likeness (QED) is 0.926. The zero-order valence-corrected chi connectivity index (χ0v) is 14.0. The number of rotatable bonds is 4. The van der Waals surface area contributed by atoms with E-state index in [-0.39, 0.29) is 5.91 Å². The molecule has 6 heteroatoms. The molecule has 0 saturated carbocycles. The van der Waals surface area contributed by atoms with Crippen molar-refractivity contribution < 1.29 is 19.4 Å². The number of carbonyl (C=O) groups is 2. The van der Waals surface area contributed by atoms with Crippen LogP contribution < -0.4 is 4.74 Å². The van der Waals surface area contributed by atoms with Gasteiger partial charge in [-0.3, -0.25) is 9.78 Å². The number of aromatic nitrogens is 1. The molecule has 130 valence electrons. The number of amides is 1. The third-order valence-corrected chi connectivity index (χ3v) is 4.44. The van der Waals surface area contributed by atoms with Crippen molar-refractivity contribution in [3.63, 3.8) is 0 Å². The molecule has 3 rings (SSSR count). The summed E-state index contributed by atoms with van der Waals surface area (Å²) in [6.45, 7) is 0.459. The van der Waals surface area contributed by atoms with Crippen molar-refractivity contribution in [2.75, 3.05) is 13.7 Å². The van der Waals surface area contributed by atoms with Crippen LogP contribution >= 0.6 is 0 Å². The molecule has 2 aromatic rings. The molecule has 1 aliphatic heterocycles. The number of carbonyl (C=O) groups excluding carboxylic acids is 1. The normalized spacial score (nSPS) is 17.2. The van der Waals surface area contributed by atoms with Gasteiger partial charge in [0.25, 0.3) is 5.91 Å². The summed E-state index contributed by atoms with van der Waals surface area (Å²) in [5.41, 5.74) is 1.84. The summed E-state index contributed by atoms with van der Waals surface area (Å²) in [7, 11) is 1.56. The Bertz CT molecular complexity index is 776. The first-order chi connectivity index (χ1) is 12.1. The van der Waals surface area contributed by atoms with E-state index in [2.05, 4.69) is 4.98 Å². The monoisotopic (exact) mass is 340 g/mol. The molecule has 1 atom stereocenters. The highest BCUT2D eigenvalue weighted by Crippen LogP contribution is 2.30. The number of methoxy groups -OCH3 is 1. The minimum absolute atomic E-state index is 0.271. The second kappa shape index (κ2) is 7.34. The average Bonchev–Trinajstić information content (AvgIpc) is 2.67. The summed E-state index contributed by atoms with van der Waals surface area (Å²) in [6, 6.07) is 9.86. The van der Waals surface area contributed by atoms with Crippen LogP contribution in [-0.2, 0) is 4.79 Å². The van der Waals surface area contributed by atoms with Gasteiger partial charge in [0.05, 0.1) is 12.8 Å². The Labute approximate surface area is 146 Å². The minimum atomic E-state index is -0.952. The number of pyridine rings is 1. The van der Waals surface area contributed by atoms with Gasteiger partial charge in [0.1, 0.15) is 11.8 Å². The van der Waals surface area contributed by atoms with Gasteiger partial charge in [-0.1, -0.05) is 6.07 Å². The van der Waals surface area contributed by atoms with Crippen molar-refractivity contribution >= 4 is 11.9 Å². The van der Waals surface area contributed by atoms with Crippen LogP contribution in [0.4, 0.5) is 0 Å². The Morgan fingerprint density at radius 3 is 2.76 bits per heavy atom. The topological polar surface area (TPSA) is 79.7 Å². The molecule has 1 saturated heterocycles. The van der Waals surface area contributed by atoms with E-state index < -0.39 is 12.0 Å². The van der Waals surface area contributed by atoms with E-state index in [0.717, 1.165) is 12.8 Å². The molecule has 2 heterocycles. The summed E-state index contributed by atoms with van der Waals surface area (Å²) in [6.07, 6.45) is 3.81. The third kappa shape index (κ3) is 3.47. The SMILES string of the molecule is COc1ccc(C(=O)N2CCCCC2C(=O)O)cc1-c1ccccn1. The second-order valence-electron chi connectivity index (χ2n) is 5.98. The number of carboxylic acid groups (broad SMARTS) is 1. The highest BCUT2D eigenvalue weighted by molar-refractivity contribution is 5.98. The average molecular weight is 340 g/mol. The van der Waals surface area contributed by atoms with E-state index in [4.69, 9.17) is 4.74 Å². The highest BCUT2D eigenvalue weighted by atomic mass is 16.5. The smallest absolute Gasteiger partial charge is 0.326 e. The lowest BCUT2D eigenvalue weighted by Crippen LogP contribution is -2.47.